The molecule has 0 unspecified atom stereocenters. The van der Waals surface area contributed by atoms with Gasteiger partial charge in [0.15, 0.2) is 11.5 Å². The molecule has 2 aromatic carbocycles. The number of hydrogen-bond acceptors (Lipinski definition) is 6. The number of H-pyrrole nitrogens is 1. The first-order valence-corrected chi connectivity index (χ1v) is 8.01. The largest absolute Gasteiger partial charge is 0.504 e. The number of hydrogen-bond donors (Lipinski definition) is 3. The van der Waals surface area contributed by atoms with E-state index in [0.717, 1.165) is 5.39 Å². The quantitative estimate of drug-likeness (QED) is 0.458. The van der Waals surface area contributed by atoms with Crippen molar-refractivity contribution in [2.45, 2.75) is 0 Å². The number of benzene rings is 2. The number of carbonyl (C=O) groups is 1. The Morgan fingerprint density at radius 1 is 1.07 bits per heavy atom. The molecule has 140 valence electrons. The fourth-order valence-corrected chi connectivity index (χ4v) is 2.60. The molecule has 0 aliphatic rings. The second-order valence-corrected chi connectivity index (χ2v) is 5.60. The van der Waals surface area contributed by atoms with E-state index in [2.05, 4.69) is 15.5 Å². The van der Waals surface area contributed by atoms with Crippen LogP contribution in [0, 0.1) is 0 Å². The van der Waals surface area contributed by atoms with Crippen LogP contribution in [0.5, 0.6) is 23.0 Å². The Kier molecular flexibility index (Phi) is 5.16. The molecule has 27 heavy (non-hydrogen) atoms. The number of aromatic hydroxyl groups is 1. The van der Waals surface area contributed by atoms with E-state index in [4.69, 9.17) is 14.2 Å². The molecule has 0 aliphatic carbocycles. The molecule has 1 heterocycles. The van der Waals surface area contributed by atoms with Crippen molar-refractivity contribution in [3.8, 4) is 23.0 Å². The maximum absolute atomic E-state index is 12.3. The summed E-state index contributed by atoms with van der Waals surface area (Å²) in [5.74, 6) is 1.15. The minimum absolute atomic E-state index is 0.00978. The zero-order valence-corrected chi connectivity index (χ0v) is 15.1. The third-order valence-electron chi connectivity index (χ3n) is 3.96. The topological polar surface area (TPSA) is 105 Å². The van der Waals surface area contributed by atoms with Gasteiger partial charge in [0.25, 0.3) is 5.91 Å². The van der Waals surface area contributed by atoms with Crippen LogP contribution in [0.25, 0.3) is 10.9 Å². The lowest BCUT2D eigenvalue weighted by molar-refractivity contribution is 0.0951. The first kappa shape index (κ1) is 18.1. The van der Waals surface area contributed by atoms with E-state index >= 15 is 0 Å². The molecule has 3 aromatic rings. The number of hydrazone groups is 1. The molecule has 8 nitrogen and oxygen atoms in total. The molecule has 0 atom stereocenters. The van der Waals surface area contributed by atoms with Crippen LogP contribution >= 0.6 is 0 Å². The summed E-state index contributed by atoms with van der Waals surface area (Å²) in [5.41, 5.74) is 4.08. The summed E-state index contributed by atoms with van der Waals surface area (Å²) < 4.78 is 15.5. The van der Waals surface area contributed by atoms with E-state index in [1.165, 1.54) is 19.4 Å². The van der Waals surface area contributed by atoms with Gasteiger partial charge in [0, 0.05) is 17.5 Å². The highest BCUT2D eigenvalue weighted by Crippen LogP contribution is 2.31. The predicted molar refractivity (Wildman–Crippen MR) is 101 cm³/mol. The number of rotatable bonds is 6. The number of aromatic nitrogens is 1. The number of phenols is 1. The minimum atomic E-state index is -0.416. The van der Waals surface area contributed by atoms with Gasteiger partial charge in [0.05, 0.1) is 33.1 Å². The van der Waals surface area contributed by atoms with Crippen LogP contribution in [0.1, 0.15) is 16.1 Å². The van der Waals surface area contributed by atoms with Gasteiger partial charge in [0.1, 0.15) is 17.2 Å². The normalized spacial score (nSPS) is 10.9. The molecule has 3 N–H and O–H groups in total. The van der Waals surface area contributed by atoms with Crippen molar-refractivity contribution in [1.29, 1.82) is 0 Å². The number of methoxy groups -OCH3 is 3. The fourth-order valence-electron chi connectivity index (χ4n) is 2.60. The van der Waals surface area contributed by atoms with E-state index in [0.29, 0.717) is 34.0 Å². The van der Waals surface area contributed by atoms with Gasteiger partial charge in [-0.1, -0.05) is 0 Å². The van der Waals surface area contributed by atoms with Crippen LogP contribution in [0.15, 0.2) is 41.5 Å². The van der Waals surface area contributed by atoms with E-state index in [9.17, 15) is 9.90 Å². The monoisotopic (exact) mass is 369 g/mol. The summed E-state index contributed by atoms with van der Waals surface area (Å²) in [4.78, 5) is 15.3. The number of phenolic OH excluding ortho intramolecular Hbond substituents is 1. The highest BCUT2D eigenvalue weighted by atomic mass is 16.5. The maximum Gasteiger partial charge on any atom is 0.287 e. The standard InChI is InChI=1S/C19H19N3O5/c1-25-12-7-14-13(18(8-12)27-3)9-15(21-14)19(24)22-20-10-11-4-5-17(26-2)16(23)6-11/h4-10,21,23H,1-3H3,(H,22,24)/b20-10+. The van der Waals surface area contributed by atoms with Crippen LogP contribution in [0.4, 0.5) is 0 Å². The van der Waals surface area contributed by atoms with Crippen molar-refractivity contribution in [2.75, 3.05) is 21.3 Å². The van der Waals surface area contributed by atoms with Gasteiger partial charge >= 0.3 is 0 Å². The van der Waals surface area contributed by atoms with E-state index < -0.39 is 5.91 Å². The average molecular weight is 369 g/mol. The minimum Gasteiger partial charge on any atom is -0.504 e. The lowest BCUT2D eigenvalue weighted by Gasteiger charge is -2.04. The number of fused-ring (bicyclic) bond motifs is 1. The molecule has 1 amide bonds. The summed E-state index contributed by atoms with van der Waals surface area (Å²) >= 11 is 0. The first-order chi connectivity index (χ1) is 13.0. The zero-order valence-electron chi connectivity index (χ0n) is 15.1. The molecule has 8 heteroatoms. The molecule has 3 rings (SSSR count). The van der Waals surface area contributed by atoms with Crippen LogP contribution in [-0.2, 0) is 0 Å². The molecule has 0 bridgehead atoms. The van der Waals surface area contributed by atoms with Gasteiger partial charge in [-0.05, 0) is 29.8 Å². The van der Waals surface area contributed by atoms with Crippen molar-refractivity contribution in [1.82, 2.24) is 10.4 Å². The van der Waals surface area contributed by atoms with Crippen molar-refractivity contribution in [3.05, 3.63) is 47.7 Å². The smallest absolute Gasteiger partial charge is 0.287 e. The third-order valence-corrected chi connectivity index (χ3v) is 3.96. The van der Waals surface area contributed by atoms with E-state index in [1.54, 1.807) is 44.6 Å². The molecule has 0 saturated heterocycles. The SMILES string of the molecule is COc1cc(OC)c2cc(C(=O)N/N=C/c3ccc(OC)c(O)c3)[nH]c2c1. The molecule has 0 saturated carbocycles. The Balaban J connectivity index is 1.77. The lowest BCUT2D eigenvalue weighted by Crippen LogP contribution is -2.17. The van der Waals surface area contributed by atoms with Crippen molar-refractivity contribution in [3.63, 3.8) is 0 Å². The second kappa shape index (κ2) is 7.69. The van der Waals surface area contributed by atoms with Crippen molar-refractivity contribution < 1.29 is 24.1 Å². The number of ether oxygens (including phenoxy) is 3. The number of amides is 1. The van der Waals surface area contributed by atoms with Crippen LogP contribution in [0.2, 0.25) is 0 Å². The first-order valence-electron chi connectivity index (χ1n) is 8.01. The van der Waals surface area contributed by atoms with Crippen molar-refractivity contribution >= 4 is 23.0 Å². The van der Waals surface area contributed by atoms with Gasteiger partial charge in [-0.2, -0.15) is 5.10 Å². The number of nitrogens with one attached hydrogen (secondary N) is 2. The number of nitrogens with zero attached hydrogens (tertiary/aromatic N) is 1. The van der Waals surface area contributed by atoms with E-state index in [-0.39, 0.29) is 5.75 Å². The Morgan fingerprint density at radius 3 is 2.52 bits per heavy atom. The Hall–Kier alpha value is -3.68. The molecule has 0 aliphatic heterocycles. The Morgan fingerprint density at radius 2 is 1.85 bits per heavy atom. The van der Waals surface area contributed by atoms with Crippen LogP contribution in [0.3, 0.4) is 0 Å². The summed E-state index contributed by atoms with van der Waals surface area (Å²) in [7, 11) is 4.58. The van der Waals surface area contributed by atoms with E-state index in [1.807, 2.05) is 0 Å². The van der Waals surface area contributed by atoms with Crippen molar-refractivity contribution in [2.24, 2.45) is 5.10 Å². The molecular formula is C19H19N3O5. The molecule has 0 radical (unpaired) electrons. The van der Waals surface area contributed by atoms with Gasteiger partial charge in [-0.3, -0.25) is 4.79 Å². The molecule has 0 spiro atoms. The molecule has 1 aromatic heterocycles. The zero-order chi connectivity index (χ0) is 19.4. The Labute approximate surface area is 155 Å². The summed E-state index contributed by atoms with van der Waals surface area (Å²) in [6, 6.07) is 9.99. The number of aromatic amines is 1. The maximum atomic E-state index is 12.3. The predicted octanol–water partition coefficient (Wildman–Crippen LogP) is 2.66. The Bertz CT molecular complexity index is 1010. The van der Waals surface area contributed by atoms with Gasteiger partial charge in [0.2, 0.25) is 0 Å². The molecule has 0 fully saturated rings. The summed E-state index contributed by atoms with van der Waals surface area (Å²) in [6.45, 7) is 0. The van der Waals surface area contributed by atoms with Gasteiger partial charge < -0.3 is 24.3 Å². The number of carbonyl (C=O) groups excluding carboxylic acids is 1. The highest BCUT2D eigenvalue weighted by molar-refractivity contribution is 6.00. The van der Waals surface area contributed by atoms with Crippen LogP contribution < -0.4 is 19.6 Å². The fraction of sp³-hybridized carbons (Fsp3) is 0.158. The average Bonchev–Trinajstić information content (AvgIpc) is 3.11. The lowest BCUT2D eigenvalue weighted by atomic mass is 10.2. The van der Waals surface area contributed by atoms with Gasteiger partial charge in [-0.25, -0.2) is 5.43 Å². The summed E-state index contributed by atoms with van der Waals surface area (Å²) in [6.07, 6.45) is 1.42. The highest BCUT2D eigenvalue weighted by Gasteiger charge is 2.13. The van der Waals surface area contributed by atoms with Gasteiger partial charge in [-0.15, -0.1) is 0 Å². The molecular weight excluding hydrogens is 350 g/mol. The van der Waals surface area contributed by atoms with Crippen LogP contribution in [-0.4, -0.2) is 43.5 Å². The summed E-state index contributed by atoms with van der Waals surface area (Å²) in [5, 5.41) is 14.4. The third kappa shape index (κ3) is 3.79. The second-order valence-electron chi connectivity index (χ2n) is 5.60.